The highest BCUT2D eigenvalue weighted by atomic mass is 16.7. The number of nitrogens with zero attached hydrogens (tertiary/aromatic N) is 1. The molecule has 0 atom stereocenters. The Labute approximate surface area is 100 Å². The predicted molar refractivity (Wildman–Crippen MR) is 62.8 cm³/mol. The summed E-state index contributed by atoms with van der Waals surface area (Å²) in [5.41, 5.74) is 2.82. The van der Waals surface area contributed by atoms with Crippen LogP contribution in [0.15, 0.2) is 18.2 Å². The first kappa shape index (κ1) is 10.7. The summed E-state index contributed by atoms with van der Waals surface area (Å²) in [6.07, 6.45) is 0.833. The Morgan fingerprint density at radius 1 is 1.29 bits per heavy atom. The van der Waals surface area contributed by atoms with E-state index >= 15 is 0 Å². The number of carbonyl (C=O) groups excluding carboxylic acids is 1. The van der Waals surface area contributed by atoms with Crippen molar-refractivity contribution in [1.82, 2.24) is 0 Å². The maximum absolute atomic E-state index is 12.3. The van der Waals surface area contributed by atoms with Crippen LogP contribution in [-0.4, -0.2) is 26.2 Å². The first-order valence-electron chi connectivity index (χ1n) is 5.82. The van der Waals surface area contributed by atoms with Gasteiger partial charge in [0.05, 0.1) is 18.9 Å². The van der Waals surface area contributed by atoms with Gasteiger partial charge in [-0.15, -0.1) is 0 Å². The van der Waals surface area contributed by atoms with Crippen molar-refractivity contribution < 1.29 is 14.3 Å². The predicted octanol–water partition coefficient (Wildman–Crippen LogP) is 1.56. The van der Waals surface area contributed by atoms with Crippen molar-refractivity contribution in [2.45, 2.75) is 19.1 Å². The highest BCUT2D eigenvalue weighted by molar-refractivity contribution is 6.05. The molecular weight excluding hydrogens is 218 g/mol. The summed E-state index contributed by atoms with van der Waals surface area (Å²) in [6.45, 7) is 3.12. The van der Waals surface area contributed by atoms with Gasteiger partial charge >= 0.3 is 0 Å². The van der Waals surface area contributed by atoms with E-state index in [0.717, 1.165) is 23.2 Å². The molecule has 0 N–H and O–H groups in total. The van der Waals surface area contributed by atoms with Crippen LogP contribution >= 0.6 is 0 Å². The van der Waals surface area contributed by atoms with E-state index in [2.05, 4.69) is 0 Å². The molecule has 0 aromatic heterocycles. The number of ether oxygens (including phenoxy) is 2. The minimum absolute atomic E-state index is 0.127. The highest BCUT2D eigenvalue weighted by Crippen LogP contribution is 2.44. The normalized spacial score (nSPS) is 22.0. The van der Waals surface area contributed by atoms with E-state index in [0.29, 0.717) is 13.2 Å². The molecule has 2 aliphatic rings. The lowest BCUT2D eigenvalue weighted by molar-refractivity contribution is -0.256. The summed E-state index contributed by atoms with van der Waals surface area (Å²) in [5, 5.41) is 0. The lowest BCUT2D eigenvalue weighted by atomic mass is 10.0. The zero-order valence-corrected chi connectivity index (χ0v) is 10.0. The first-order chi connectivity index (χ1) is 8.15. The number of hydrogen-bond acceptors (Lipinski definition) is 3. The molecule has 1 spiro atoms. The number of aryl methyl sites for hydroxylation is 1. The third-order valence-electron chi connectivity index (χ3n) is 3.35. The van der Waals surface area contributed by atoms with Gasteiger partial charge in [0.2, 0.25) is 0 Å². The standard InChI is InChI=1S/C13H15NO3/c1-9-4-5-11-10(8-9)13(12(15)14(11)2)16-6-3-7-17-13/h4-5,8H,3,6-7H2,1-2H3. The highest BCUT2D eigenvalue weighted by Gasteiger charge is 2.53. The van der Waals surface area contributed by atoms with Crippen molar-refractivity contribution in [3.63, 3.8) is 0 Å². The maximum Gasteiger partial charge on any atom is 0.292 e. The summed E-state index contributed by atoms with van der Waals surface area (Å²) >= 11 is 0. The van der Waals surface area contributed by atoms with Crippen LogP contribution in [0.3, 0.4) is 0 Å². The molecule has 0 radical (unpaired) electrons. The zero-order chi connectivity index (χ0) is 12.0. The third-order valence-corrected chi connectivity index (χ3v) is 3.35. The summed E-state index contributed by atoms with van der Waals surface area (Å²) in [7, 11) is 1.76. The minimum atomic E-state index is -1.19. The van der Waals surface area contributed by atoms with Crippen LogP contribution in [0.1, 0.15) is 17.5 Å². The number of amides is 1. The summed E-state index contributed by atoms with van der Waals surface area (Å²) in [6, 6.07) is 5.91. The first-order valence-corrected chi connectivity index (χ1v) is 5.82. The summed E-state index contributed by atoms with van der Waals surface area (Å²) < 4.78 is 11.4. The second-order valence-corrected chi connectivity index (χ2v) is 4.55. The monoisotopic (exact) mass is 233 g/mol. The Morgan fingerprint density at radius 2 is 2.00 bits per heavy atom. The molecule has 1 amide bonds. The van der Waals surface area contributed by atoms with Crippen molar-refractivity contribution >= 4 is 11.6 Å². The molecule has 17 heavy (non-hydrogen) atoms. The van der Waals surface area contributed by atoms with E-state index in [1.54, 1.807) is 11.9 Å². The van der Waals surface area contributed by atoms with Crippen molar-refractivity contribution in [3.05, 3.63) is 29.3 Å². The quantitative estimate of drug-likeness (QED) is 0.682. The van der Waals surface area contributed by atoms with Crippen LogP contribution in [-0.2, 0) is 20.1 Å². The van der Waals surface area contributed by atoms with E-state index in [9.17, 15) is 4.79 Å². The largest absolute Gasteiger partial charge is 0.338 e. The Bertz CT molecular complexity index is 478. The van der Waals surface area contributed by atoms with Crippen LogP contribution in [0.4, 0.5) is 5.69 Å². The molecule has 1 saturated heterocycles. The molecule has 2 heterocycles. The average molecular weight is 233 g/mol. The van der Waals surface area contributed by atoms with Gasteiger partial charge in [-0.2, -0.15) is 0 Å². The molecule has 1 fully saturated rings. The molecule has 0 aliphatic carbocycles. The van der Waals surface area contributed by atoms with Gasteiger partial charge in [-0.3, -0.25) is 4.79 Å². The van der Waals surface area contributed by atoms with E-state index in [1.165, 1.54) is 0 Å². The van der Waals surface area contributed by atoms with E-state index in [1.807, 2.05) is 25.1 Å². The van der Waals surface area contributed by atoms with Crippen molar-refractivity contribution in [1.29, 1.82) is 0 Å². The second kappa shape index (κ2) is 3.55. The van der Waals surface area contributed by atoms with Gasteiger partial charge in [0, 0.05) is 12.6 Å². The summed E-state index contributed by atoms with van der Waals surface area (Å²) in [4.78, 5) is 13.9. The van der Waals surface area contributed by atoms with Crippen molar-refractivity contribution in [2.75, 3.05) is 25.2 Å². The van der Waals surface area contributed by atoms with E-state index in [4.69, 9.17) is 9.47 Å². The Morgan fingerprint density at radius 3 is 2.71 bits per heavy atom. The fraction of sp³-hybridized carbons (Fsp3) is 0.462. The number of rotatable bonds is 0. The Balaban J connectivity index is 2.18. The molecule has 90 valence electrons. The molecule has 0 bridgehead atoms. The summed E-state index contributed by atoms with van der Waals surface area (Å²) in [5.74, 6) is -1.31. The fourth-order valence-electron chi connectivity index (χ4n) is 2.46. The maximum atomic E-state index is 12.3. The van der Waals surface area contributed by atoms with E-state index < -0.39 is 5.79 Å². The topological polar surface area (TPSA) is 38.8 Å². The van der Waals surface area contributed by atoms with Gasteiger partial charge in [0.1, 0.15) is 0 Å². The molecule has 0 saturated carbocycles. The molecule has 3 rings (SSSR count). The number of benzene rings is 1. The number of fused-ring (bicyclic) bond motifs is 2. The van der Waals surface area contributed by atoms with Crippen LogP contribution in [0.25, 0.3) is 0 Å². The van der Waals surface area contributed by atoms with Crippen LogP contribution in [0.2, 0.25) is 0 Å². The lowest BCUT2D eigenvalue weighted by Crippen LogP contribution is -2.46. The number of anilines is 1. The average Bonchev–Trinajstić information content (AvgIpc) is 2.54. The van der Waals surface area contributed by atoms with Gasteiger partial charge in [-0.1, -0.05) is 11.6 Å². The molecule has 0 unspecified atom stereocenters. The van der Waals surface area contributed by atoms with E-state index in [-0.39, 0.29) is 5.91 Å². The number of hydrogen-bond donors (Lipinski definition) is 0. The van der Waals surface area contributed by atoms with Gasteiger partial charge < -0.3 is 14.4 Å². The van der Waals surface area contributed by atoms with Crippen LogP contribution in [0.5, 0.6) is 0 Å². The fourth-order valence-corrected chi connectivity index (χ4v) is 2.46. The molecule has 1 aromatic carbocycles. The van der Waals surface area contributed by atoms with Crippen LogP contribution in [0, 0.1) is 6.92 Å². The lowest BCUT2D eigenvalue weighted by Gasteiger charge is -2.32. The molecule has 4 nitrogen and oxygen atoms in total. The van der Waals surface area contributed by atoms with Crippen molar-refractivity contribution in [2.24, 2.45) is 0 Å². The SMILES string of the molecule is Cc1ccc2c(c1)C1(OCCCO1)C(=O)N2C. The molecule has 1 aromatic rings. The Kier molecular flexibility index (Phi) is 2.24. The van der Waals surface area contributed by atoms with Gasteiger partial charge in [-0.25, -0.2) is 0 Å². The Hall–Kier alpha value is -1.39. The van der Waals surface area contributed by atoms with Gasteiger partial charge in [0.15, 0.2) is 0 Å². The number of likely N-dealkylation sites (N-methyl/N-ethyl adjacent to an activating group) is 1. The minimum Gasteiger partial charge on any atom is -0.338 e. The smallest absolute Gasteiger partial charge is 0.292 e. The van der Waals surface area contributed by atoms with Crippen LogP contribution < -0.4 is 4.90 Å². The third kappa shape index (κ3) is 1.34. The van der Waals surface area contributed by atoms with Crippen molar-refractivity contribution in [3.8, 4) is 0 Å². The number of carbonyl (C=O) groups is 1. The molecule has 4 heteroatoms. The van der Waals surface area contributed by atoms with Gasteiger partial charge in [-0.05, 0) is 25.5 Å². The second-order valence-electron chi connectivity index (χ2n) is 4.55. The zero-order valence-electron chi connectivity index (χ0n) is 10.0. The molecular formula is C13H15NO3. The molecule has 2 aliphatic heterocycles. The van der Waals surface area contributed by atoms with Gasteiger partial charge in [0.25, 0.3) is 11.7 Å².